The SMILES string of the molecule is N#CSc1nn[nH]c(=S)c1SC#N. The quantitative estimate of drug-likeness (QED) is 0.467. The molecule has 0 amide bonds. The molecule has 0 spiro atoms. The topological polar surface area (TPSA) is 89.2 Å². The lowest BCUT2D eigenvalue weighted by molar-refractivity contribution is 0.756. The van der Waals surface area contributed by atoms with Crippen LogP contribution in [-0.2, 0) is 0 Å². The molecule has 0 radical (unpaired) electrons. The van der Waals surface area contributed by atoms with E-state index in [9.17, 15) is 0 Å². The molecule has 0 aliphatic rings. The van der Waals surface area contributed by atoms with E-state index in [2.05, 4.69) is 15.4 Å². The van der Waals surface area contributed by atoms with Crippen LogP contribution in [0.1, 0.15) is 0 Å². The molecular formula is C5HN5S3. The van der Waals surface area contributed by atoms with Gasteiger partial charge in [-0.2, -0.15) is 10.5 Å². The molecule has 5 nitrogen and oxygen atoms in total. The Bertz CT molecular complexity index is 439. The fourth-order valence-corrected chi connectivity index (χ4v) is 1.85. The molecular weight excluding hydrogens is 226 g/mol. The van der Waals surface area contributed by atoms with Crippen LogP contribution in [0.5, 0.6) is 0 Å². The first-order chi connectivity index (χ1) is 6.29. The molecule has 0 fully saturated rings. The van der Waals surface area contributed by atoms with Crippen LogP contribution in [0.25, 0.3) is 0 Å². The van der Waals surface area contributed by atoms with Gasteiger partial charge < -0.3 is 0 Å². The Balaban J connectivity index is 3.21. The van der Waals surface area contributed by atoms with Crippen molar-refractivity contribution in [3.8, 4) is 10.8 Å². The van der Waals surface area contributed by atoms with Gasteiger partial charge in [0.2, 0.25) is 0 Å². The van der Waals surface area contributed by atoms with Crippen LogP contribution >= 0.6 is 35.7 Å². The first-order valence-corrected chi connectivity index (χ1v) is 4.91. The lowest BCUT2D eigenvalue weighted by atomic mass is 10.7. The minimum atomic E-state index is 0.319. The van der Waals surface area contributed by atoms with Crippen molar-refractivity contribution in [2.75, 3.05) is 0 Å². The van der Waals surface area contributed by atoms with Crippen molar-refractivity contribution in [2.45, 2.75) is 9.92 Å². The summed E-state index contributed by atoms with van der Waals surface area (Å²) < 4.78 is 0.319. The molecule has 0 aromatic carbocycles. The summed E-state index contributed by atoms with van der Waals surface area (Å²) in [5, 5.41) is 30.5. The number of aromatic nitrogens is 3. The Morgan fingerprint density at radius 1 is 1.31 bits per heavy atom. The molecule has 0 aliphatic carbocycles. The third-order valence-electron chi connectivity index (χ3n) is 0.983. The Labute approximate surface area is 87.1 Å². The van der Waals surface area contributed by atoms with Gasteiger partial charge in [-0.1, -0.05) is 17.4 Å². The average Bonchev–Trinajstić information content (AvgIpc) is 2.11. The molecule has 0 saturated heterocycles. The zero-order valence-electron chi connectivity index (χ0n) is 6.01. The van der Waals surface area contributed by atoms with E-state index in [0.29, 0.717) is 14.6 Å². The lowest BCUT2D eigenvalue weighted by Crippen LogP contribution is -1.92. The van der Waals surface area contributed by atoms with E-state index in [4.69, 9.17) is 22.7 Å². The summed E-state index contributed by atoms with van der Waals surface area (Å²) in [6, 6.07) is 0. The zero-order chi connectivity index (χ0) is 9.68. The molecule has 0 aliphatic heterocycles. The van der Waals surface area contributed by atoms with Crippen molar-refractivity contribution in [2.24, 2.45) is 0 Å². The van der Waals surface area contributed by atoms with Gasteiger partial charge in [-0.05, 0) is 11.8 Å². The molecule has 0 saturated carbocycles. The van der Waals surface area contributed by atoms with E-state index in [0.717, 1.165) is 23.5 Å². The molecule has 1 aromatic heterocycles. The molecule has 1 heterocycles. The maximum absolute atomic E-state index is 8.45. The number of thiocyanates is 2. The standard InChI is InChI=1S/C5HN5S3/c6-1-12-3-4(11)8-10-9-5(3)13-2-7/h(H,8,9,11). The van der Waals surface area contributed by atoms with E-state index >= 15 is 0 Å². The van der Waals surface area contributed by atoms with Crippen molar-refractivity contribution in [1.82, 2.24) is 15.4 Å². The van der Waals surface area contributed by atoms with Gasteiger partial charge in [-0.15, -0.1) is 5.10 Å². The number of thioether (sulfide) groups is 2. The van der Waals surface area contributed by atoms with Gasteiger partial charge in [0.05, 0.1) is 4.90 Å². The van der Waals surface area contributed by atoms with Crippen LogP contribution in [-0.4, -0.2) is 15.4 Å². The van der Waals surface area contributed by atoms with Crippen molar-refractivity contribution < 1.29 is 0 Å². The van der Waals surface area contributed by atoms with E-state index in [1.54, 1.807) is 0 Å². The second-order valence-corrected chi connectivity index (χ2v) is 3.64. The first kappa shape index (κ1) is 9.99. The summed E-state index contributed by atoms with van der Waals surface area (Å²) >= 11 is 6.56. The monoisotopic (exact) mass is 227 g/mol. The van der Waals surface area contributed by atoms with E-state index in [-0.39, 0.29) is 0 Å². The molecule has 1 aromatic rings. The highest BCUT2D eigenvalue weighted by molar-refractivity contribution is 8.06. The van der Waals surface area contributed by atoms with Gasteiger partial charge in [0.1, 0.15) is 15.4 Å². The Morgan fingerprint density at radius 3 is 2.62 bits per heavy atom. The number of H-pyrrole nitrogens is 1. The number of hydrogen-bond acceptors (Lipinski definition) is 7. The Hall–Kier alpha value is -1.09. The van der Waals surface area contributed by atoms with Crippen molar-refractivity contribution in [3.63, 3.8) is 0 Å². The van der Waals surface area contributed by atoms with E-state index in [1.165, 1.54) is 0 Å². The second kappa shape index (κ2) is 4.82. The maximum atomic E-state index is 8.45. The molecule has 64 valence electrons. The molecule has 0 bridgehead atoms. The van der Waals surface area contributed by atoms with Crippen LogP contribution in [0, 0.1) is 26.0 Å². The van der Waals surface area contributed by atoms with Gasteiger partial charge in [0.25, 0.3) is 0 Å². The fourth-order valence-electron chi connectivity index (χ4n) is 0.555. The van der Waals surface area contributed by atoms with E-state index < -0.39 is 0 Å². The highest BCUT2D eigenvalue weighted by atomic mass is 32.2. The maximum Gasteiger partial charge on any atom is 0.153 e. The zero-order valence-corrected chi connectivity index (χ0v) is 8.46. The number of hydrogen-bond donors (Lipinski definition) is 1. The van der Waals surface area contributed by atoms with Gasteiger partial charge >= 0.3 is 0 Å². The summed E-state index contributed by atoms with van der Waals surface area (Å²) in [7, 11) is 0. The summed E-state index contributed by atoms with van der Waals surface area (Å²) in [4.78, 5) is 0.471. The molecule has 0 unspecified atom stereocenters. The number of nitriles is 2. The smallest absolute Gasteiger partial charge is 0.153 e. The normalized spacial score (nSPS) is 8.77. The minimum absolute atomic E-state index is 0.319. The minimum Gasteiger partial charge on any atom is -0.248 e. The molecule has 8 heteroatoms. The largest absolute Gasteiger partial charge is 0.248 e. The van der Waals surface area contributed by atoms with E-state index in [1.807, 2.05) is 10.8 Å². The predicted molar refractivity (Wildman–Crippen MR) is 50.2 cm³/mol. The summed E-state index contributed by atoms with van der Waals surface area (Å²) in [5.41, 5.74) is 0. The first-order valence-electron chi connectivity index (χ1n) is 2.87. The fraction of sp³-hybridized carbons (Fsp3) is 0. The third kappa shape index (κ3) is 2.42. The van der Waals surface area contributed by atoms with Crippen molar-refractivity contribution in [1.29, 1.82) is 10.5 Å². The Kier molecular flexibility index (Phi) is 3.71. The average molecular weight is 227 g/mol. The molecule has 1 N–H and O–H groups in total. The van der Waals surface area contributed by atoms with Gasteiger partial charge in [0, 0.05) is 11.8 Å². The summed E-state index contributed by atoms with van der Waals surface area (Å²) in [6.07, 6.45) is 0. The molecule has 13 heavy (non-hydrogen) atoms. The molecule has 1 rings (SSSR count). The summed E-state index contributed by atoms with van der Waals surface area (Å²) in [6.45, 7) is 0. The Morgan fingerprint density at radius 2 is 2.00 bits per heavy atom. The van der Waals surface area contributed by atoms with Crippen LogP contribution < -0.4 is 0 Å². The summed E-state index contributed by atoms with van der Waals surface area (Å²) in [5.74, 6) is 0. The van der Waals surface area contributed by atoms with Crippen molar-refractivity contribution >= 4 is 35.7 Å². The number of nitrogens with one attached hydrogen (secondary N) is 1. The highest BCUT2D eigenvalue weighted by Gasteiger charge is 2.08. The third-order valence-corrected chi connectivity index (χ3v) is 2.80. The van der Waals surface area contributed by atoms with Gasteiger partial charge in [0.15, 0.2) is 5.03 Å². The lowest BCUT2D eigenvalue weighted by Gasteiger charge is -1.96. The number of rotatable bonds is 2. The van der Waals surface area contributed by atoms with Crippen LogP contribution in [0.15, 0.2) is 9.92 Å². The van der Waals surface area contributed by atoms with Crippen LogP contribution in [0.4, 0.5) is 0 Å². The number of nitrogens with zero attached hydrogens (tertiary/aromatic N) is 4. The van der Waals surface area contributed by atoms with Crippen LogP contribution in [0.2, 0.25) is 0 Å². The van der Waals surface area contributed by atoms with Gasteiger partial charge in [-0.25, -0.2) is 5.10 Å². The number of aromatic amines is 1. The highest BCUT2D eigenvalue weighted by Crippen LogP contribution is 2.27. The van der Waals surface area contributed by atoms with Crippen LogP contribution in [0.3, 0.4) is 0 Å². The van der Waals surface area contributed by atoms with Gasteiger partial charge in [-0.3, -0.25) is 0 Å². The second-order valence-electron chi connectivity index (χ2n) is 1.66. The molecule has 0 atom stereocenters. The predicted octanol–water partition coefficient (Wildman–Crippen LogP) is 1.68. The van der Waals surface area contributed by atoms with Crippen molar-refractivity contribution in [3.05, 3.63) is 4.64 Å².